The van der Waals surface area contributed by atoms with Gasteiger partial charge in [-0.25, -0.2) is 4.79 Å². The highest BCUT2D eigenvalue weighted by Gasteiger charge is 2.17. The maximum absolute atomic E-state index is 11.6. The number of benzene rings is 1. The van der Waals surface area contributed by atoms with E-state index < -0.39 is 11.7 Å². The molecule has 1 heterocycles. The predicted molar refractivity (Wildman–Crippen MR) is 87.1 cm³/mol. The Balaban J connectivity index is 1.95. The van der Waals surface area contributed by atoms with Gasteiger partial charge in [-0.1, -0.05) is 5.16 Å². The molecule has 1 aromatic carbocycles. The Morgan fingerprint density at radius 2 is 1.88 bits per heavy atom. The molecule has 0 bridgehead atoms. The number of carbonyl (C=O) groups excluding carboxylic acids is 2. The van der Waals surface area contributed by atoms with E-state index >= 15 is 0 Å². The van der Waals surface area contributed by atoms with E-state index in [2.05, 4.69) is 20.8 Å². The van der Waals surface area contributed by atoms with Gasteiger partial charge in [0.05, 0.1) is 0 Å². The van der Waals surface area contributed by atoms with Gasteiger partial charge in [0.15, 0.2) is 0 Å². The van der Waals surface area contributed by atoms with Gasteiger partial charge in [-0.15, -0.1) is 0 Å². The van der Waals surface area contributed by atoms with Crippen LogP contribution in [0.5, 0.6) is 0 Å². The summed E-state index contributed by atoms with van der Waals surface area (Å²) >= 11 is 0. The van der Waals surface area contributed by atoms with Crippen molar-refractivity contribution in [3.8, 4) is 11.4 Å². The van der Waals surface area contributed by atoms with Gasteiger partial charge < -0.3 is 19.9 Å². The van der Waals surface area contributed by atoms with Crippen LogP contribution in [0.25, 0.3) is 11.4 Å². The summed E-state index contributed by atoms with van der Waals surface area (Å²) in [5.41, 5.74) is 0.845. The summed E-state index contributed by atoms with van der Waals surface area (Å²) in [5.74, 6) is 0.518. The highest BCUT2D eigenvalue weighted by atomic mass is 16.6. The average molecular weight is 332 g/mol. The Morgan fingerprint density at radius 1 is 1.21 bits per heavy atom. The third-order valence-electron chi connectivity index (χ3n) is 2.71. The number of aromatic nitrogens is 2. The molecular weight excluding hydrogens is 312 g/mol. The van der Waals surface area contributed by atoms with Gasteiger partial charge in [0.1, 0.15) is 12.1 Å². The number of anilines is 1. The second kappa shape index (κ2) is 7.12. The number of alkyl carbamates (subject to hydrolysis) is 1. The van der Waals surface area contributed by atoms with Crippen molar-refractivity contribution in [1.29, 1.82) is 0 Å². The normalized spacial score (nSPS) is 11.0. The molecular formula is C16H20N4O4. The fraction of sp³-hybridized carbons (Fsp3) is 0.375. The topological polar surface area (TPSA) is 106 Å². The summed E-state index contributed by atoms with van der Waals surface area (Å²) in [6.07, 6.45) is -0.554. The zero-order valence-electron chi connectivity index (χ0n) is 14.0. The van der Waals surface area contributed by atoms with Gasteiger partial charge >= 0.3 is 6.09 Å². The summed E-state index contributed by atoms with van der Waals surface area (Å²) in [7, 11) is 0. The minimum absolute atomic E-state index is 0.0753. The average Bonchev–Trinajstić information content (AvgIpc) is 2.92. The Labute approximate surface area is 139 Å². The molecule has 0 unspecified atom stereocenters. The minimum atomic E-state index is -0.570. The molecule has 8 nitrogen and oxygen atoms in total. The maximum Gasteiger partial charge on any atom is 0.408 e. The van der Waals surface area contributed by atoms with Crippen LogP contribution in [0.3, 0.4) is 0 Å². The zero-order chi connectivity index (χ0) is 17.7. The van der Waals surface area contributed by atoms with Crippen molar-refractivity contribution in [2.75, 3.05) is 5.32 Å². The molecule has 2 N–H and O–H groups in total. The van der Waals surface area contributed by atoms with Gasteiger partial charge in [-0.3, -0.25) is 4.79 Å². The first kappa shape index (κ1) is 17.5. The lowest BCUT2D eigenvalue weighted by atomic mass is 10.2. The first-order chi connectivity index (χ1) is 11.2. The van der Waals surface area contributed by atoms with Gasteiger partial charge in [-0.05, 0) is 45.0 Å². The van der Waals surface area contributed by atoms with E-state index in [4.69, 9.17) is 9.26 Å². The second-order valence-corrected chi connectivity index (χ2v) is 6.13. The van der Waals surface area contributed by atoms with Crippen molar-refractivity contribution in [3.63, 3.8) is 0 Å². The van der Waals surface area contributed by atoms with Crippen LogP contribution in [0.1, 0.15) is 33.6 Å². The van der Waals surface area contributed by atoms with Gasteiger partial charge in [-0.2, -0.15) is 4.98 Å². The largest absolute Gasteiger partial charge is 0.444 e. The number of nitrogens with zero attached hydrogens (tertiary/aromatic N) is 2. The van der Waals surface area contributed by atoms with Crippen molar-refractivity contribution in [3.05, 3.63) is 30.2 Å². The van der Waals surface area contributed by atoms with E-state index in [-0.39, 0.29) is 18.3 Å². The number of hydrogen-bond acceptors (Lipinski definition) is 6. The van der Waals surface area contributed by atoms with Crippen molar-refractivity contribution in [2.45, 2.75) is 39.8 Å². The monoisotopic (exact) mass is 332 g/mol. The van der Waals surface area contributed by atoms with E-state index in [1.165, 1.54) is 6.92 Å². The standard InChI is InChI=1S/C16H20N4O4/c1-10(21)18-12-7-5-11(6-8-12)14-19-13(24-20-14)9-17-15(22)23-16(2,3)4/h5-8H,9H2,1-4H3,(H,17,22)(H,18,21). The Hall–Kier alpha value is -2.90. The molecule has 0 aliphatic rings. The lowest BCUT2D eigenvalue weighted by Gasteiger charge is -2.19. The van der Waals surface area contributed by atoms with E-state index in [0.717, 1.165) is 5.56 Å². The molecule has 0 atom stereocenters. The number of ether oxygens (including phenoxy) is 1. The SMILES string of the molecule is CC(=O)Nc1ccc(-c2noc(CNC(=O)OC(C)(C)C)n2)cc1. The Morgan fingerprint density at radius 3 is 2.46 bits per heavy atom. The molecule has 128 valence electrons. The van der Waals surface area contributed by atoms with Crippen LogP contribution in [0.2, 0.25) is 0 Å². The van der Waals surface area contributed by atoms with Crippen molar-refractivity contribution in [2.24, 2.45) is 0 Å². The summed E-state index contributed by atoms with van der Waals surface area (Å²) in [5, 5.41) is 9.09. The van der Waals surface area contributed by atoms with Crippen LogP contribution < -0.4 is 10.6 Å². The summed E-state index contributed by atoms with van der Waals surface area (Å²) in [4.78, 5) is 26.8. The van der Waals surface area contributed by atoms with Crippen LogP contribution in [0.4, 0.5) is 10.5 Å². The minimum Gasteiger partial charge on any atom is -0.444 e. The molecule has 24 heavy (non-hydrogen) atoms. The summed E-state index contributed by atoms with van der Waals surface area (Å²) in [6.45, 7) is 6.86. The van der Waals surface area contributed by atoms with Crippen molar-refractivity contribution < 1.29 is 18.8 Å². The van der Waals surface area contributed by atoms with Gasteiger partial charge in [0.25, 0.3) is 0 Å². The lowest BCUT2D eigenvalue weighted by Crippen LogP contribution is -2.32. The Kier molecular flexibility index (Phi) is 5.18. The second-order valence-electron chi connectivity index (χ2n) is 6.13. The molecule has 0 aliphatic heterocycles. The number of rotatable bonds is 4. The Bertz CT molecular complexity index is 716. The highest BCUT2D eigenvalue weighted by molar-refractivity contribution is 5.88. The molecule has 2 amide bonds. The zero-order valence-corrected chi connectivity index (χ0v) is 14.0. The fourth-order valence-corrected chi connectivity index (χ4v) is 1.81. The van der Waals surface area contributed by atoms with E-state index in [1.807, 2.05) is 0 Å². The fourth-order valence-electron chi connectivity index (χ4n) is 1.81. The van der Waals surface area contributed by atoms with Crippen molar-refractivity contribution >= 4 is 17.7 Å². The first-order valence-corrected chi connectivity index (χ1v) is 7.40. The molecule has 0 saturated heterocycles. The van der Waals surface area contributed by atoms with Crippen molar-refractivity contribution in [1.82, 2.24) is 15.5 Å². The smallest absolute Gasteiger partial charge is 0.408 e. The number of carbonyl (C=O) groups is 2. The molecule has 2 rings (SSSR count). The number of nitrogens with one attached hydrogen (secondary N) is 2. The van der Waals surface area contributed by atoms with Gasteiger partial charge in [0.2, 0.25) is 17.6 Å². The van der Waals surface area contributed by atoms with Crippen LogP contribution in [-0.4, -0.2) is 27.7 Å². The van der Waals surface area contributed by atoms with Crippen LogP contribution in [0.15, 0.2) is 28.8 Å². The molecule has 0 radical (unpaired) electrons. The number of hydrogen-bond donors (Lipinski definition) is 2. The third kappa shape index (κ3) is 5.38. The molecule has 1 aromatic heterocycles. The lowest BCUT2D eigenvalue weighted by molar-refractivity contribution is -0.114. The van der Waals surface area contributed by atoms with Crippen LogP contribution in [-0.2, 0) is 16.1 Å². The van der Waals surface area contributed by atoms with Crippen LogP contribution >= 0.6 is 0 Å². The van der Waals surface area contributed by atoms with Gasteiger partial charge in [0, 0.05) is 18.2 Å². The first-order valence-electron chi connectivity index (χ1n) is 7.40. The van der Waals surface area contributed by atoms with E-state index in [9.17, 15) is 9.59 Å². The van der Waals surface area contributed by atoms with Crippen LogP contribution in [0, 0.1) is 0 Å². The molecule has 2 aromatic rings. The molecule has 0 fully saturated rings. The molecule has 0 aliphatic carbocycles. The van der Waals surface area contributed by atoms with E-state index in [1.54, 1.807) is 45.0 Å². The van der Waals surface area contributed by atoms with E-state index in [0.29, 0.717) is 11.5 Å². The number of amides is 2. The molecule has 0 saturated carbocycles. The predicted octanol–water partition coefficient (Wildman–Crippen LogP) is 2.72. The summed E-state index contributed by atoms with van der Waals surface area (Å²) in [6, 6.07) is 7.01. The molecule has 8 heteroatoms. The summed E-state index contributed by atoms with van der Waals surface area (Å²) < 4.78 is 10.2. The molecule has 0 spiro atoms. The third-order valence-corrected chi connectivity index (χ3v) is 2.71. The highest BCUT2D eigenvalue weighted by Crippen LogP contribution is 2.18. The quantitative estimate of drug-likeness (QED) is 0.891. The maximum atomic E-state index is 11.6.